The summed E-state index contributed by atoms with van der Waals surface area (Å²) in [5.74, 6) is 0.974. The number of halogens is 2. The maximum Gasteiger partial charge on any atom is 0.191 e. The summed E-state index contributed by atoms with van der Waals surface area (Å²) in [5.41, 5.74) is 1.94. The van der Waals surface area contributed by atoms with Crippen LogP contribution in [0, 0.1) is 0 Å². The molecule has 0 spiro atoms. The van der Waals surface area contributed by atoms with Crippen LogP contribution in [0.25, 0.3) is 11.3 Å². The van der Waals surface area contributed by atoms with Crippen molar-refractivity contribution < 1.29 is 21.8 Å². The topological polar surface area (TPSA) is 30.5 Å². The van der Waals surface area contributed by atoms with Crippen LogP contribution in [0.15, 0.2) is 34.9 Å². The molecule has 1 aromatic carbocycles. The first-order chi connectivity index (χ1) is 9.31. The van der Waals surface area contributed by atoms with E-state index >= 15 is 0 Å². The molecule has 0 radical (unpaired) electrons. The number of benzene rings is 1. The molecule has 2 aromatic rings. The summed E-state index contributed by atoms with van der Waals surface area (Å²) >= 11 is 5.89. The first-order valence-corrected chi connectivity index (χ1v) is 7.24. The van der Waals surface area contributed by atoms with Crippen LogP contribution in [0.4, 0.5) is 0 Å². The molecule has 2 heterocycles. The molecule has 3 rings (SSSR count). The van der Waals surface area contributed by atoms with Crippen molar-refractivity contribution in [3.8, 4) is 11.3 Å². The van der Waals surface area contributed by atoms with Crippen LogP contribution in [0.2, 0.25) is 5.02 Å². The predicted octanol–water partition coefficient (Wildman–Crippen LogP) is -0.432. The SMILES string of the molecule is Clc1ccc(-c2cc(C[NH+]3CCCCC3)on2)cc1.[Cl-]. The average Bonchev–Trinajstić information content (AvgIpc) is 2.89. The standard InChI is InChI=1S/C15H17ClN2O.ClH/c16-13-6-4-12(5-7-13)15-10-14(19-17-15)11-18-8-2-1-3-9-18;/h4-7,10H,1-3,8-9,11H2;1H. The Kier molecular flexibility index (Phi) is 5.46. The van der Waals surface area contributed by atoms with Crippen LogP contribution < -0.4 is 17.3 Å². The highest BCUT2D eigenvalue weighted by Gasteiger charge is 2.17. The van der Waals surface area contributed by atoms with Crippen molar-refractivity contribution in [2.45, 2.75) is 25.8 Å². The van der Waals surface area contributed by atoms with E-state index in [-0.39, 0.29) is 12.4 Å². The minimum atomic E-state index is 0. The zero-order valence-electron chi connectivity index (χ0n) is 11.2. The van der Waals surface area contributed by atoms with Crippen molar-refractivity contribution in [1.82, 2.24) is 5.16 Å². The molecule has 0 atom stereocenters. The summed E-state index contributed by atoms with van der Waals surface area (Å²) in [6.45, 7) is 3.44. The van der Waals surface area contributed by atoms with Gasteiger partial charge in [0, 0.05) is 16.7 Å². The fourth-order valence-corrected chi connectivity index (χ4v) is 2.75. The minimum absolute atomic E-state index is 0. The van der Waals surface area contributed by atoms with Crippen LogP contribution in [-0.2, 0) is 6.54 Å². The van der Waals surface area contributed by atoms with Crippen molar-refractivity contribution in [1.29, 1.82) is 0 Å². The van der Waals surface area contributed by atoms with Gasteiger partial charge < -0.3 is 21.8 Å². The van der Waals surface area contributed by atoms with E-state index in [0.29, 0.717) is 0 Å². The first-order valence-electron chi connectivity index (χ1n) is 6.86. The van der Waals surface area contributed by atoms with E-state index in [1.807, 2.05) is 30.3 Å². The van der Waals surface area contributed by atoms with Gasteiger partial charge in [0.05, 0.1) is 13.1 Å². The third-order valence-corrected chi connectivity index (χ3v) is 3.94. The monoisotopic (exact) mass is 312 g/mol. The smallest absolute Gasteiger partial charge is 0.191 e. The van der Waals surface area contributed by atoms with Gasteiger partial charge in [0.1, 0.15) is 12.2 Å². The number of piperidine rings is 1. The molecule has 0 saturated carbocycles. The summed E-state index contributed by atoms with van der Waals surface area (Å²) in [4.78, 5) is 1.60. The number of rotatable bonds is 3. The Morgan fingerprint density at radius 1 is 1.10 bits per heavy atom. The zero-order valence-corrected chi connectivity index (χ0v) is 12.8. The molecule has 0 unspecified atom stereocenters. The van der Waals surface area contributed by atoms with Crippen molar-refractivity contribution in [2.24, 2.45) is 0 Å². The maximum absolute atomic E-state index is 5.89. The molecule has 1 aliphatic heterocycles. The van der Waals surface area contributed by atoms with E-state index in [4.69, 9.17) is 16.1 Å². The van der Waals surface area contributed by atoms with Gasteiger partial charge in [0.15, 0.2) is 5.76 Å². The second-order valence-electron chi connectivity index (χ2n) is 5.17. The molecule has 1 fully saturated rings. The molecule has 0 bridgehead atoms. The molecule has 20 heavy (non-hydrogen) atoms. The highest BCUT2D eigenvalue weighted by atomic mass is 35.5. The van der Waals surface area contributed by atoms with Gasteiger partial charge in [-0.05, 0) is 31.4 Å². The Bertz CT molecular complexity index is 533. The van der Waals surface area contributed by atoms with Crippen molar-refractivity contribution in [3.63, 3.8) is 0 Å². The van der Waals surface area contributed by atoms with E-state index in [1.165, 1.54) is 32.4 Å². The molecule has 1 aliphatic rings. The van der Waals surface area contributed by atoms with E-state index in [1.54, 1.807) is 4.90 Å². The Hall–Kier alpha value is -1.03. The van der Waals surface area contributed by atoms with Crippen LogP contribution in [0.5, 0.6) is 0 Å². The van der Waals surface area contributed by atoms with Gasteiger partial charge in [-0.2, -0.15) is 0 Å². The van der Waals surface area contributed by atoms with Gasteiger partial charge in [-0.3, -0.25) is 0 Å². The van der Waals surface area contributed by atoms with Crippen LogP contribution >= 0.6 is 11.6 Å². The number of hydrogen-bond donors (Lipinski definition) is 1. The Labute approximate surface area is 130 Å². The van der Waals surface area contributed by atoms with Gasteiger partial charge in [0.25, 0.3) is 0 Å². The van der Waals surface area contributed by atoms with E-state index < -0.39 is 0 Å². The predicted molar refractivity (Wildman–Crippen MR) is 75.2 cm³/mol. The maximum atomic E-state index is 5.89. The third kappa shape index (κ3) is 3.75. The Balaban J connectivity index is 0.00000147. The molecule has 1 aromatic heterocycles. The summed E-state index contributed by atoms with van der Waals surface area (Å²) in [6, 6.07) is 9.74. The number of aromatic nitrogens is 1. The normalized spacial score (nSPS) is 15.8. The largest absolute Gasteiger partial charge is 1.00 e. The highest BCUT2D eigenvalue weighted by molar-refractivity contribution is 6.30. The first kappa shape index (κ1) is 15.4. The summed E-state index contributed by atoms with van der Waals surface area (Å²) in [5, 5.41) is 4.89. The summed E-state index contributed by atoms with van der Waals surface area (Å²) in [7, 11) is 0. The molecule has 0 amide bonds. The second-order valence-corrected chi connectivity index (χ2v) is 5.61. The molecular formula is C15H18Cl2N2O. The number of nitrogens with zero attached hydrogens (tertiary/aromatic N) is 1. The van der Waals surface area contributed by atoms with E-state index in [2.05, 4.69) is 5.16 Å². The fraction of sp³-hybridized carbons (Fsp3) is 0.400. The van der Waals surface area contributed by atoms with Gasteiger partial charge in [-0.25, -0.2) is 0 Å². The van der Waals surface area contributed by atoms with Gasteiger partial charge in [0.2, 0.25) is 0 Å². The molecular weight excluding hydrogens is 295 g/mol. The number of nitrogens with one attached hydrogen (secondary N) is 1. The number of likely N-dealkylation sites (tertiary alicyclic amines) is 1. The Morgan fingerprint density at radius 3 is 2.50 bits per heavy atom. The molecule has 1 N–H and O–H groups in total. The van der Waals surface area contributed by atoms with Gasteiger partial charge in [-0.1, -0.05) is 28.9 Å². The summed E-state index contributed by atoms with van der Waals surface area (Å²) < 4.78 is 5.45. The van der Waals surface area contributed by atoms with Crippen molar-refractivity contribution in [3.05, 3.63) is 41.1 Å². The zero-order chi connectivity index (χ0) is 13.1. The third-order valence-electron chi connectivity index (χ3n) is 3.68. The second kappa shape index (κ2) is 7.11. The van der Waals surface area contributed by atoms with E-state index in [0.717, 1.165) is 28.6 Å². The lowest BCUT2D eigenvalue weighted by atomic mass is 10.1. The molecule has 0 aliphatic carbocycles. The summed E-state index contributed by atoms with van der Waals surface area (Å²) in [6.07, 6.45) is 4.02. The van der Waals surface area contributed by atoms with Gasteiger partial charge in [-0.15, -0.1) is 0 Å². The number of hydrogen-bond acceptors (Lipinski definition) is 2. The molecule has 1 saturated heterocycles. The lowest BCUT2D eigenvalue weighted by Crippen LogP contribution is -3.11. The quantitative estimate of drug-likeness (QED) is 0.833. The van der Waals surface area contributed by atoms with Gasteiger partial charge >= 0.3 is 0 Å². The van der Waals surface area contributed by atoms with Crippen LogP contribution in [0.1, 0.15) is 25.0 Å². The molecule has 108 valence electrons. The molecule has 5 heteroatoms. The highest BCUT2D eigenvalue weighted by Crippen LogP contribution is 2.21. The minimum Gasteiger partial charge on any atom is -1.00 e. The lowest BCUT2D eigenvalue weighted by Gasteiger charge is -2.21. The average molecular weight is 313 g/mol. The van der Waals surface area contributed by atoms with Crippen molar-refractivity contribution >= 4 is 11.6 Å². The number of quaternary nitrogens is 1. The fourth-order valence-electron chi connectivity index (χ4n) is 2.63. The van der Waals surface area contributed by atoms with Crippen molar-refractivity contribution in [2.75, 3.05) is 13.1 Å². The van der Waals surface area contributed by atoms with E-state index in [9.17, 15) is 0 Å². The molecule has 3 nitrogen and oxygen atoms in total. The van der Waals surface area contributed by atoms with Crippen LogP contribution in [-0.4, -0.2) is 18.2 Å². The van der Waals surface area contributed by atoms with Crippen LogP contribution in [0.3, 0.4) is 0 Å². The Morgan fingerprint density at radius 2 is 1.80 bits per heavy atom. The lowest BCUT2D eigenvalue weighted by molar-refractivity contribution is -0.919.